The first kappa shape index (κ1) is 14.3. The van der Waals surface area contributed by atoms with Crippen molar-refractivity contribution < 1.29 is 4.79 Å². The molecule has 2 aromatic rings. The quantitative estimate of drug-likeness (QED) is 0.884. The predicted molar refractivity (Wildman–Crippen MR) is 88.4 cm³/mol. The van der Waals surface area contributed by atoms with Crippen molar-refractivity contribution in [1.29, 1.82) is 0 Å². The molecule has 0 bridgehead atoms. The Morgan fingerprint density at radius 1 is 1.24 bits per heavy atom. The second-order valence-corrected chi connectivity index (χ2v) is 6.29. The Morgan fingerprint density at radius 3 is 2.76 bits per heavy atom. The Balaban J connectivity index is 1.72. The van der Waals surface area contributed by atoms with E-state index in [9.17, 15) is 4.79 Å². The van der Waals surface area contributed by atoms with Crippen molar-refractivity contribution in [3.63, 3.8) is 0 Å². The highest BCUT2D eigenvalue weighted by Gasteiger charge is 2.30. The summed E-state index contributed by atoms with van der Waals surface area (Å²) >= 11 is 3.46. The standard InChI is InChI=1S/C17H17BrN2O/c1-11(12-5-3-2-4-6-12)10-19-16-14-9-13(18)7-8-15(14)20-17(16)21/h2-9,11,16,19H,10H2,1H3,(H,20,21). The molecule has 1 aliphatic rings. The number of nitrogens with one attached hydrogen (secondary N) is 2. The van der Waals surface area contributed by atoms with E-state index in [2.05, 4.69) is 45.6 Å². The third kappa shape index (κ3) is 3.01. The zero-order valence-corrected chi connectivity index (χ0v) is 13.4. The molecule has 0 radical (unpaired) electrons. The van der Waals surface area contributed by atoms with Crippen LogP contribution in [0.5, 0.6) is 0 Å². The van der Waals surface area contributed by atoms with Gasteiger partial charge in [-0.3, -0.25) is 4.79 Å². The molecule has 1 heterocycles. The van der Waals surface area contributed by atoms with E-state index in [1.165, 1.54) is 5.56 Å². The van der Waals surface area contributed by atoms with Crippen molar-refractivity contribution in [1.82, 2.24) is 5.32 Å². The molecule has 2 unspecified atom stereocenters. The second kappa shape index (κ2) is 6.00. The van der Waals surface area contributed by atoms with E-state index in [-0.39, 0.29) is 11.9 Å². The fraction of sp³-hybridized carbons (Fsp3) is 0.235. The fourth-order valence-corrected chi connectivity index (χ4v) is 3.01. The first-order chi connectivity index (χ1) is 10.1. The highest BCUT2D eigenvalue weighted by molar-refractivity contribution is 9.10. The molecule has 1 aliphatic heterocycles. The third-order valence-electron chi connectivity index (χ3n) is 3.84. The van der Waals surface area contributed by atoms with Gasteiger partial charge in [0.2, 0.25) is 5.91 Å². The largest absolute Gasteiger partial charge is 0.324 e. The topological polar surface area (TPSA) is 41.1 Å². The predicted octanol–water partition coefficient (Wildman–Crippen LogP) is 3.84. The average Bonchev–Trinajstić information content (AvgIpc) is 2.80. The number of hydrogen-bond donors (Lipinski definition) is 2. The smallest absolute Gasteiger partial charge is 0.246 e. The molecule has 0 aromatic heterocycles. The van der Waals surface area contributed by atoms with Gasteiger partial charge in [0.05, 0.1) is 0 Å². The van der Waals surface area contributed by atoms with E-state index in [1.807, 2.05) is 36.4 Å². The monoisotopic (exact) mass is 344 g/mol. The molecule has 2 atom stereocenters. The maximum absolute atomic E-state index is 12.1. The lowest BCUT2D eigenvalue weighted by Crippen LogP contribution is -2.30. The van der Waals surface area contributed by atoms with Crippen LogP contribution >= 0.6 is 15.9 Å². The summed E-state index contributed by atoms with van der Waals surface area (Å²) in [7, 11) is 0. The molecule has 108 valence electrons. The van der Waals surface area contributed by atoms with E-state index in [0.29, 0.717) is 5.92 Å². The Kier molecular flexibility index (Phi) is 4.08. The van der Waals surface area contributed by atoms with Crippen LogP contribution in [-0.4, -0.2) is 12.5 Å². The zero-order valence-electron chi connectivity index (χ0n) is 11.8. The van der Waals surface area contributed by atoms with Crippen LogP contribution in [0.1, 0.15) is 30.0 Å². The summed E-state index contributed by atoms with van der Waals surface area (Å²) < 4.78 is 0.987. The molecule has 0 fully saturated rings. The molecule has 3 nitrogen and oxygen atoms in total. The zero-order chi connectivity index (χ0) is 14.8. The lowest BCUT2D eigenvalue weighted by Gasteiger charge is -2.17. The van der Waals surface area contributed by atoms with Gasteiger partial charge in [-0.15, -0.1) is 0 Å². The normalized spacial score (nSPS) is 18.2. The van der Waals surface area contributed by atoms with Crippen molar-refractivity contribution in [3.8, 4) is 0 Å². The molecule has 21 heavy (non-hydrogen) atoms. The SMILES string of the molecule is CC(CNC1C(=O)Nc2ccc(Br)cc21)c1ccccc1. The average molecular weight is 345 g/mol. The summed E-state index contributed by atoms with van der Waals surface area (Å²) in [5.41, 5.74) is 3.18. The van der Waals surface area contributed by atoms with Crippen molar-refractivity contribution >= 4 is 27.5 Å². The number of benzene rings is 2. The lowest BCUT2D eigenvalue weighted by molar-refractivity contribution is -0.117. The van der Waals surface area contributed by atoms with Crippen LogP contribution in [0, 0.1) is 0 Å². The van der Waals surface area contributed by atoms with E-state index >= 15 is 0 Å². The van der Waals surface area contributed by atoms with Crippen LogP contribution in [0.3, 0.4) is 0 Å². The van der Waals surface area contributed by atoms with Crippen molar-refractivity contribution in [2.75, 3.05) is 11.9 Å². The van der Waals surface area contributed by atoms with Crippen LogP contribution in [0.25, 0.3) is 0 Å². The number of anilines is 1. The Bertz CT molecular complexity index is 657. The summed E-state index contributed by atoms with van der Waals surface area (Å²) in [5, 5.41) is 6.30. The molecule has 0 saturated carbocycles. The van der Waals surface area contributed by atoms with Gasteiger partial charge >= 0.3 is 0 Å². The van der Waals surface area contributed by atoms with Crippen LogP contribution < -0.4 is 10.6 Å². The van der Waals surface area contributed by atoms with Gasteiger partial charge in [0.1, 0.15) is 6.04 Å². The summed E-state index contributed by atoms with van der Waals surface area (Å²) in [5.74, 6) is 0.374. The van der Waals surface area contributed by atoms with Crippen molar-refractivity contribution in [2.24, 2.45) is 0 Å². The highest BCUT2D eigenvalue weighted by atomic mass is 79.9. The molecule has 1 amide bonds. The molecule has 0 spiro atoms. The minimum absolute atomic E-state index is 0.0170. The molecule has 0 saturated heterocycles. The van der Waals surface area contributed by atoms with Crippen LogP contribution in [-0.2, 0) is 4.79 Å². The van der Waals surface area contributed by atoms with Crippen LogP contribution in [0.4, 0.5) is 5.69 Å². The van der Waals surface area contributed by atoms with E-state index < -0.39 is 0 Å². The van der Waals surface area contributed by atoms with E-state index in [0.717, 1.165) is 22.3 Å². The molecule has 3 rings (SSSR count). The van der Waals surface area contributed by atoms with Crippen LogP contribution in [0.2, 0.25) is 0 Å². The summed E-state index contributed by atoms with van der Waals surface area (Å²) in [6.07, 6.45) is 0. The summed E-state index contributed by atoms with van der Waals surface area (Å²) in [6.45, 7) is 2.92. The van der Waals surface area contributed by atoms with E-state index in [1.54, 1.807) is 0 Å². The third-order valence-corrected chi connectivity index (χ3v) is 4.33. The Labute approximate surface area is 132 Å². The maximum atomic E-state index is 12.1. The minimum Gasteiger partial charge on any atom is -0.324 e. The molecule has 2 aromatic carbocycles. The lowest BCUT2D eigenvalue weighted by atomic mass is 10.0. The number of amides is 1. The first-order valence-electron chi connectivity index (χ1n) is 7.04. The van der Waals surface area contributed by atoms with Gasteiger partial charge in [0.25, 0.3) is 0 Å². The number of rotatable bonds is 4. The first-order valence-corrected chi connectivity index (χ1v) is 7.83. The summed E-state index contributed by atoms with van der Waals surface area (Å²) in [4.78, 5) is 12.1. The number of carbonyl (C=O) groups excluding carboxylic acids is 1. The van der Waals surface area contributed by atoms with Crippen LogP contribution in [0.15, 0.2) is 53.0 Å². The highest BCUT2D eigenvalue weighted by Crippen LogP contribution is 2.33. The minimum atomic E-state index is -0.274. The summed E-state index contributed by atoms with van der Waals surface area (Å²) in [6, 6.07) is 15.9. The maximum Gasteiger partial charge on any atom is 0.246 e. The Morgan fingerprint density at radius 2 is 2.00 bits per heavy atom. The molecule has 4 heteroatoms. The fourth-order valence-electron chi connectivity index (χ4n) is 2.63. The second-order valence-electron chi connectivity index (χ2n) is 5.37. The molecule has 0 aliphatic carbocycles. The number of hydrogen-bond acceptors (Lipinski definition) is 2. The molecular weight excluding hydrogens is 328 g/mol. The van der Waals surface area contributed by atoms with Gasteiger partial charge in [-0.2, -0.15) is 0 Å². The van der Waals surface area contributed by atoms with Gasteiger partial charge in [-0.25, -0.2) is 0 Å². The van der Waals surface area contributed by atoms with Gasteiger partial charge in [-0.05, 0) is 29.7 Å². The van der Waals surface area contributed by atoms with E-state index in [4.69, 9.17) is 0 Å². The number of halogens is 1. The Hall–Kier alpha value is -1.65. The van der Waals surface area contributed by atoms with Crippen molar-refractivity contribution in [2.45, 2.75) is 18.9 Å². The van der Waals surface area contributed by atoms with Gasteiger partial charge in [0, 0.05) is 22.3 Å². The van der Waals surface area contributed by atoms with Crippen molar-refractivity contribution in [3.05, 3.63) is 64.1 Å². The van der Waals surface area contributed by atoms with Gasteiger partial charge < -0.3 is 10.6 Å². The van der Waals surface area contributed by atoms with Gasteiger partial charge in [0.15, 0.2) is 0 Å². The molecule has 2 N–H and O–H groups in total. The number of carbonyl (C=O) groups is 1. The molecular formula is C17H17BrN2O. The van der Waals surface area contributed by atoms with Gasteiger partial charge in [-0.1, -0.05) is 53.2 Å². The number of fused-ring (bicyclic) bond motifs is 1.